The minimum Gasteiger partial charge on any atom is -0.480 e. The quantitative estimate of drug-likeness (QED) is 0.0128. The Bertz CT molecular complexity index is 1890. The number of alkyl carbamates (subject to hydrolysis) is 2. The monoisotopic (exact) mass is 944 g/mol. The first-order valence-corrected chi connectivity index (χ1v) is 17.3. The van der Waals surface area contributed by atoms with Crippen LogP contribution < -0.4 is 10.6 Å². The summed E-state index contributed by atoms with van der Waals surface area (Å²) in [6.07, 6.45) is 9.39. The van der Waals surface area contributed by atoms with E-state index in [4.69, 9.17) is 24.8 Å². The summed E-state index contributed by atoms with van der Waals surface area (Å²) in [7, 11) is 2.30. The molecule has 61 heavy (non-hydrogen) atoms. The van der Waals surface area contributed by atoms with Crippen molar-refractivity contribution in [2.24, 2.45) is 4.99 Å². The van der Waals surface area contributed by atoms with E-state index in [-0.39, 0.29) is 60.8 Å². The molecule has 3 atom stereocenters. The number of carboxylic acid groups (broad SMARTS) is 2. The van der Waals surface area contributed by atoms with Gasteiger partial charge in [0.2, 0.25) is 6.40 Å². The van der Waals surface area contributed by atoms with Gasteiger partial charge in [0.25, 0.3) is 0 Å². The number of carbonyl (C=O) groups excluding carboxylic acids is 3. The summed E-state index contributed by atoms with van der Waals surface area (Å²) in [5.41, 5.74) is 1.72. The number of nitrogens with one attached hydrogen (secondary N) is 3. The molecule has 334 valence electrons. The third-order valence-corrected chi connectivity index (χ3v) is 6.90. The Hall–Kier alpha value is -6.93. The molecule has 1 aliphatic heterocycles. The number of esters is 1. The summed E-state index contributed by atoms with van der Waals surface area (Å²) in [6, 6.07) is 21.1. The number of aliphatic hydroxyl groups excluding tert-OH is 1. The Labute approximate surface area is 364 Å². The van der Waals surface area contributed by atoms with Crippen molar-refractivity contribution in [1.29, 1.82) is 0 Å². The number of cyclic esters (lactones) is 1. The number of amides is 2. The second kappa shape index (κ2) is 33.0. The minimum absolute atomic E-state index is 0. The number of hydrogen-bond acceptors (Lipinski definition) is 15. The normalized spacial score (nSPS) is 12.7. The van der Waals surface area contributed by atoms with Gasteiger partial charge in [0.15, 0.2) is 12.1 Å². The second-order valence-electron chi connectivity index (χ2n) is 11.1. The largest absolute Gasteiger partial charge is 0.480 e. The summed E-state index contributed by atoms with van der Waals surface area (Å²) in [6.45, 7) is 0.670. The zero-order chi connectivity index (χ0) is 43.1. The number of aromatic nitrogens is 6. The Morgan fingerprint density at radius 3 is 1.80 bits per heavy atom. The number of carbonyl (C=O) groups is 5. The Morgan fingerprint density at radius 1 is 0.852 bits per heavy atom. The van der Waals surface area contributed by atoms with Crippen molar-refractivity contribution in [3.05, 3.63) is 135 Å². The van der Waals surface area contributed by atoms with Crippen molar-refractivity contribution in [1.82, 2.24) is 40.4 Å². The van der Waals surface area contributed by atoms with Crippen molar-refractivity contribution in [2.45, 2.75) is 44.4 Å². The van der Waals surface area contributed by atoms with Gasteiger partial charge in [-0.1, -0.05) is 60.7 Å². The van der Waals surface area contributed by atoms with Gasteiger partial charge >= 0.3 is 30.1 Å². The summed E-state index contributed by atoms with van der Waals surface area (Å²) in [5, 5.41) is 43.6. The molecular formula is C38H48N9O13Pd-. The molecule has 0 unspecified atom stereocenters. The summed E-state index contributed by atoms with van der Waals surface area (Å²) >= 11 is 0. The van der Waals surface area contributed by atoms with Crippen LogP contribution in [-0.4, -0.2) is 121 Å². The molecule has 4 heterocycles. The maximum atomic E-state index is 11.6. The van der Waals surface area contributed by atoms with Crippen LogP contribution in [0.25, 0.3) is 0 Å². The average Bonchev–Trinajstić information content (AvgIpc) is 4.10. The van der Waals surface area contributed by atoms with Gasteiger partial charge in [-0.3, -0.25) is 14.5 Å². The van der Waals surface area contributed by atoms with Gasteiger partial charge in [-0.25, -0.2) is 29.0 Å². The van der Waals surface area contributed by atoms with Crippen LogP contribution in [0.1, 0.15) is 11.1 Å². The smallest absolute Gasteiger partial charge is 0.408 e. The molecule has 0 saturated carbocycles. The molecule has 1 fully saturated rings. The van der Waals surface area contributed by atoms with Gasteiger partial charge in [0.1, 0.15) is 25.9 Å². The molecule has 6 rings (SSSR count). The van der Waals surface area contributed by atoms with E-state index in [2.05, 4.69) is 50.5 Å². The number of ether oxygens (including phenoxy) is 3. The zero-order valence-electron chi connectivity index (χ0n) is 33.2. The first kappa shape index (κ1) is 54.1. The molecule has 6 N–H and O–H groups in total. The fourth-order valence-electron chi connectivity index (χ4n) is 4.06. The van der Waals surface area contributed by atoms with Gasteiger partial charge in [-0.05, 0) is 29.3 Å². The standard InChI is InChI=1S/C14H15N3O4.C11H11NO4.C8H11N3O4.C3H4N2.CH4O.CH3.Pd/c18-13(19)12(9-17-8-4-7-15-17)16-14(20)21-10-11-5-2-1-3-6-11;13-10-9(7-15-10)12-11(14)16-6-8-4-2-1-3-5-8;1-14-15-6-9-7(8(12)13)5-11-4-2-3-10-11;1-2-4-5-3-1;1-2;;/h1-8,12H,9-10H2,(H,16,20)(H,18,19);1-5,9H,6-7H2,(H,12,14);2-4,6-7H,5H2,1H3,(H,12,13);1-3H,(H,4,5);2H,1H3;1H3;/q;;;;;-1;/t12-;9-;7-;;;;/m000..../s1. The van der Waals surface area contributed by atoms with Crippen molar-refractivity contribution in [3.8, 4) is 0 Å². The maximum Gasteiger partial charge on any atom is 0.408 e. The molecule has 2 amide bonds. The zero-order valence-corrected chi connectivity index (χ0v) is 34.8. The van der Waals surface area contributed by atoms with E-state index in [1.165, 1.54) is 22.7 Å². The predicted molar refractivity (Wildman–Crippen MR) is 211 cm³/mol. The second-order valence-corrected chi connectivity index (χ2v) is 11.1. The number of carboxylic acids is 2. The molecule has 1 saturated heterocycles. The first-order valence-electron chi connectivity index (χ1n) is 17.3. The van der Waals surface area contributed by atoms with Gasteiger partial charge in [-0.15, -0.1) is 0 Å². The molecule has 0 bridgehead atoms. The van der Waals surface area contributed by atoms with E-state index in [1.807, 2.05) is 66.7 Å². The van der Waals surface area contributed by atoms with Gasteiger partial charge in [-0.2, -0.15) is 20.2 Å². The summed E-state index contributed by atoms with van der Waals surface area (Å²) in [5.74, 6) is -2.62. The van der Waals surface area contributed by atoms with Gasteiger partial charge in [0.05, 0.1) is 20.2 Å². The van der Waals surface area contributed by atoms with Crippen LogP contribution >= 0.6 is 0 Å². The first-order chi connectivity index (χ1) is 28.6. The maximum absolute atomic E-state index is 11.6. The molecular weight excluding hydrogens is 897 g/mol. The molecule has 5 aromatic rings. The minimum atomic E-state index is -1.15. The molecule has 3 aromatic heterocycles. The van der Waals surface area contributed by atoms with E-state index in [0.717, 1.165) is 24.6 Å². The van der Waals surface area contributed by atoms with E-state index >= 15 is 0 Å². The molecule has 22 nitrogen and oxygen atoms in total. The number of H-pyrrole nitrogens is 1. The summed E-state index contributed by atoms with van der Waals surface area (Å²) < 4.78 is 17.3. The molecule has 0 radical (unpaired) electrons. The number of aliphatic carboxylic acids is 2. The van der Waals surface area contributed by atoms with Crippen molar-refractivity contribution >= 4 is 36.5 Å². The topological polar surface area (TPSA) is 293 Å². The SMILES string of the molecule is CO.COOC=N[C@@H](Cn1cccn1)C(=O)O.O=C(N[C@@H](Cn1cccn1)C(=O)O)OCc1ccccc1.O=C(N[C@H]1COC1=O)OCc1ccccc1.[CH3-].[Pd].c1cn[nH]c1. The fraction of sp³-hybridized carbons (Fsp3) is 0.263. The van der Waals surface area contributed by atoms with Crippen LogP contribution in [0.2, 0.25) is 0 Å². The molecule has 23 heteroatoms. The van der Waals surface area contributed by atoms with Crippen molar-refractivity contribution in [3.63, 3.8) is 0 Å². The number of aromatic amines is 1. The van der Waals surface area contributed by atoms with E-state index in [0.29, 0.717) is 0 Å². The molecule has 0 aliphatic carbocycles. The van der Waals surface area contributed by atoms with E-state index in [1.54, 1.807) is 43.1 Å². The van der Waals surface area contributed by atoms with Crippen LogP contribution in [0.4, 0.5) is 9.59 Å². The molecule has 1 aliphatic rings. The van der Waals surface area contributed by atoms with E-state index in [9.17, 15) is 24.0 Å². The van der Waals surface area contributed by atoms with Crippen LogP contribution in [-0.2, 0) is 85.1 Å². The van der Waals surface area contributed by atoms with Crippen LogP contribution in [0.3, 0.4) is 0 Å². The number of hydrogen-bond donors (Lipinski definition) is 6. The number of aliphatic hydroxyl groups is 1. The molecule has 2 aromatic carbocycles. The van der Waals surface area contributed by atoms with Crippen LogP contribution in [0, 0.1) is 7.43 Å². The van der Waals surface area contributed by atoms with Crippen molar-refractivity contribution < 1.29 is 83.7 Å². The van der Waals surface area contributed by atoms with Crippen LogP contribution in [0.15, 0.2) is 121 Å². The Balaban J connectivity index is 0.000000816. The van der Waals surface area contributed by atoms with Crippen LogP contribution in [0.5, 0.6) is 0 Å². The van der Waals surface area contributed by atoms with Gasteiger partial charge in [0, 0.05) is 64.7 Å². The Morgan fingerprint density at radius 2 is 1.41 bits per heavy atom. The van der Waals surface area contributed by atoms with Crippen molar-refractivity contribution in [2.75, 3.05) is 20.8 Å². The molecule has 0 spiro atoms. The number of nitrogens with zero attached hydrogens (tertiary/aromatic N) is 6. The van der Waals surface area contributed by atoms with Gasteiger partial charge < -0.3 is 52.5 Å². The Kier molecular flexibility index (Phi) is 29.2. The van der Waals surface area contributed by atoms with E-state index < -0.39 is 48.2 Å². The number of benzene rings is 2. The number of rotatable bonds is 15. The third kappa shape index (κ3) is 23.9. The average molecular weight is 945 g/mol. The summed E-state index contributed by atoms with van der Waals surface area (Å²) in [4.78, 5) is 67.7. The fourth-order valence-corrected chi connectivity index (χ4v) is 4.06. The third-order valence-electron chi connectivity index (χ3n) is 6.90. The predicted octanol–water partition coefficient (Wildman–Crippen LogP) is 2.51. The number of aliphatic imine (C=N–C) groups is 1.